The number of hydrazine groups is 1. The standard InChI is InChI=1S/C19H15N3O2S/c23-18(13-7-9-20-10-8-13)21-22-19(24)16-11-14-6-5-12-3-1-2-4-15(12)17(14)25-16/h1-4,7-11H,5-6H2,(H,21,23)(H,22,24). The van der Waals surface area contributed by atoms with Gasteiger partial charge in [-0.2, -0.15) is 0 Å². The summed E-state index contributed by atoms with van der Waals surface area (Å²) in [6.07, 6.45) is 4.97. The SMILES string of the molecule is O=C(NNC(=O)c1cc2c(s1)-c1ccccc1CC2)c1ccncc1. The molecular formula is C19H15N3O2S. The van der Waals surface area contributed by atoms with E-state index < -0.39 is 0 Å². The lowest BCUT2D eigenvalue weighted by atomic mass is 9.91. The number of hydrogen-bond acceptors (Lipinski definition) is 4. The highest BCUT2D eigenvalue weighted by molar-refractivity contribution is 7.17. The first-order valence-corrected chi connectivity index (χ1v) is 8.76. The predicted molar refractivity (Wildman–Crippen MR) is 96.3 cm³/mol. The number of nitrogens with one attached hydrogen (secondary N) is 2. The van der Waals surface area contributed by atoms with Gasteiger partial charge in [-0.3, -0.25) is 25.4 Å². The number of amides is 2. The number of rotatable bonds is 2. The Morgan fingerprint density at radius 3 is 2.48 bits per heavy atom. The van der Waals surface area contributed by atoms with E-state index >= 15 is 0 Å². The van der Waals surface area contributed by atoms with Crippen molar-refractivity contribution in [2.75, 3.05) is 0 Å². The molecule has 1 aliphatic carbocycles. The van der Waals surface area contributed by atoms with E-state index in [9.17, 15) is 9.59 Å². The minimum absolute atomic E-state index is 0.306. The molecule has 6 heteroatoms. The van der Waals surface area contributed by atoms with Gasteiger partial charge < -0.3 is 0 Å². The second kappa shape index (κ2) is 6.49. The number of pyridine rings is 1. The molecule has 1 aliphatic rings. The monoisotopic (exact) mass is 349 g/mol. The number of aromatic nitrogens is 1. The average molecular weight is 349 g/mol. The van der Waals surface area contributed by atoms with Crippen LogP contribution in [0.5, 0.6) is 0 Å². The molecule has 124 valence electrons. The molecule has 5 nitrogen and oxygen atoms in total. The molecule has 0 saturated carbocycles. The normalized spacial score (nSPS) is 12.0. The Hall–Kier alpha value is -2.99. The van der Waals surface area contributed by atoms with Gasteiger partial charge in [-0.15, -0.1) is 11.3 Å². The van der Waals surface area contributed by atoms with E-state index in [-0.39, 0.29) is 11.8 Å². The van der Waals surface area contributed by atoms with Crippen molar-refractivity contribution < 1.29 is 9.59 Å². The lowest BCUT2D eigenvalue weighted by Crippen LogP contribution is -2.41. The summed E-state index contributed by atoms with van der Waals surface area (Å²) >= 11 is 1.46. The van der Waals surface area contributed by atoms with Gasteiger partial charge in [0, 0.05) is 22.8 Å². The topological polar surface area (TPSA) is 71.1 Å². The van der Waals surface area contributed by atoms with E-state index in [1.165, 1.54) is 40.4 Å². The summed E-state index contributed by atoms with van der Waals surface area (Å²) in [7, 11) is 0. The Balaban J connectivity index is 1.49. The number of hydrogen-bond donors (Lipinski definition) is 2. The summed E-state index contributed by atoms with van der Waals surface area (Å²) in [6.45, 7) is 0. The molecular weight excluding hydrogens is 334 g/mol. The maximum Gasteiger partial charge on any atom is 0.279 e. The van der Waals surface area contributed by atoms with Gasteiger partial charge in [-0.05, 0) is 47.7 Å². The second-order valence-electron chi connectivity index (χ2n) is 5.77. The van der Waals surface area contributed by atoms with Crippen LogP contribution >= 0.6 is 11.3 Å². The summed E-state index contributed by atoms with van der Waals surface area (Å²) in [4.78, 5) is 30.0. The maximum absolute atomic E-state index is 12.4. The van der Waals surface area contributed by atoms with Gasteiger partial charge in [0.05, 0.1) is 4.88 Å². The molecule has 1 aromatic carbocycles. The van der Waals surface area contributed by atoms with Crippen LogP contribution in [0, 0.1) is 0 Å². The highest BCUT2D eigenvalue weighted by Crippen LogP contribution is 2.39. The van der Waals surface area contributed by atoms with Gasteiger partial charge in [0.15, 0.2) is 0 Å². The molecule has 0 bridgehead atoms. The largest absolute Gasteiger partial charge is 0.279 e. The van der Waals surface area contributed by atoms with Crippen molar-refractivity contribution in [3.05, 3.63) is 76.4 Å². The first-order valence-electron chi connectivity index (χ1n) is 7.94. The number of carbonyl (C=O) groups is 2. The average Bonchev–Trinajstić information content (AvgIpc) is 3.11. The van der Waals surface area contributed by atoms with Crippen LogP contribution in [0.4, 0.5) is 0 Å². The maximum atomic E-state index is 12.4. The summed E-state index contributed by atoms with van der Waals surface area (Å²) in [6, 6.07) is 13.4. The van der Waals surface area contributed by atoms with E-state index in [1.54, 1.807) is 12.1 Å². The number of benzene rings is 1. The molecule has 2 N–H and O–H groups in total. The Kier molecular flexibility index (Phi) is 4.03. The van der Waals surface area contributed by atoms with Crippen LogP contribution in [0.1, 0.15) is 31.2 Å². The van der Waals surface area contributed by atoms with Gasteiger partial charge in [0.2, 0.25) is 0 Å². The van der Waals surface area contributed by atoms with E-state index in [4.69, 9.17) is 0 Å². The molecule has 3 aromatic rings. The number of carbonyl (C=O) groups excluding carboxylic acids is 2. The molecule has 2 amide bonds. The zero-order valence-corrected chi connectivity index (χ0v) is 14.1. The fourth-order valence-electron chi connectivity index (χ4n) is 2.93. The van der Waals surface area contributed by atoms with E-state index in [2.05, 4.69) is 28.0 Å². The molecule has 0 unspecified atom stereocenters. The van der Waals surface area contributed by atoms with Crippen LogP contribution in [0.2, 0.25) is 0 Å². The number of thiophene rings is 1. The van der Waals surface area contributed by atoms with Crippen molar-refractivity contribution in [2.24, 2.45) is 0 Å². The molecule has 0 fully saturated rings. The molecule has 2 aromatic heterocycles. The zero-order chi connectivity index (χ0) is 17.2. The van der Waals surface area contributed by atoms with Gasteiger partial charge in [0.25, 0.3) is 11.8 Å². The molecule has 4 rings (SSSR count). The number of aryl methyl sites for hydroxylation is 2. The van der Waals surface area contributed by atoms with Crippen molar-refractivity contribution in [1.82, 2.24) is 15.8 Å². The smallest absolute Gasteiger partial charge is 0.267 e. The highest BCUT2D eigenvalue weighted by atomic mass is 32.1. The van der Waals surface area contributed by atoms with Gasteiger partial charge in [-0.1, -0.05) is 24.3 Å². The van der Waals surface area contributed by atoms with Crippen molar-refractivity contribution in [3.63, 3.8) is 0 Å². The minimum Gasteiger partial charge on any atom is -0.267 e. The molecule has 0 spiro atoms. The third-order valence-electron chi connectivity index (χ3n) is 4.19. The number of fused-ring (bicyclic) bond motifs is 3. The summed E-state index contributed by atoms with van der Waals surface area (Å²) in [5.74, 6) is -0.679. The van der Waals surface area contributed by atoms with Crippen molar-refractivity contribution in [2.45, 2.75) is 12.8 Å². The third kappa shape index (κ3) is 3.04. The highest BCUT2D eigenvalue weighted by Gasteiger charge is 2.21. The summed E-state index contributed by atoms with van der Waals surface area (Å²) in [5, 5.41) is 0. The molecule has 2 heterocycles. The van der Waals surface area contributed by atoms with Gasteiger partial charge in [-0.25, -0.2) is 0 Å². The van der Waals surface area contributed by atoms with Crippen molar-refractivity contribution >= 4 is 23.2 Å². The fraction of sp³-hybridized carbons (Fsp3) is 0.105. The molecule has 0 aliphatic heterocycles. The quantitative estimate of drug-likeness (QED) is 0.699. The molecule has 0 radical (unpaired) electrons. The summed E-state index contributed by atoms with van der Waals surface area (Å²) < 4.78 is 0. The first-order chi connectivity index (χ1) is 12.2. The lowest BCUT2D eigenvalue weighted by molar-refractivity contribution is 0.0849. The van der Waals surface area contributed by atoms with Gasteiger partial charge in [0.1, 0.15) is 0 Å². The Morgan fingerprint density at radius 2 is 1.64 bits per heavy atom. The van der Waals surface area contributed by atoms with Crippen LogP contribution in [0.3, 0.4) is 0 Å². The van der Waals surface area contributed by atoms with Crippen molar-refractivity contribution in [3.8, 4) is 10.4 Å². The second-order valence-corrected chi connectivity index (χ2v) is 6.82. The van der Waals surface area contributed by atoms with Crippen molar-refractivity contribution in [1.29, 1.82) is 0 Å². The minimum atomic E-state index is -0.373. The lowest BCUT2D eigenvalue weighted by Gasteiger charge is -2.15. The molecule has 0 atom stereocenters. The Morgan fingerprint density at radius 1 is 0.920 bits per heavy atom. The van der Waals surface area contributed by atoms with Crippen LogP contribution < -0.4 is 10.9 Å². The molecule has 0 saturated heterocycles. The first kappa shape index (κ1) is 15.5. The van der Waals surface area contributed by atoms with E-state index in [0.717, 1.165) is 17.7 Å². The Labute approximate surface area is 148 Å². The van der Waals surface area contributed by atoms with Crippen LogP contribution in [0.15, 0.2) is 54.9 Å². The van der Waals surface area contributed by atoms with Gasteiger partial charge >= 0.3 is 0 Å². The zero-order valence-electron chi connectivity index (χ0n) is 13.3. The predicted octanol–water partition coefficient (Wildman–Crippen LogP) is 2.98. The summed E-state index contributed by atoms with van der Waals surface area (Å²) in [5.41, 5.74) is 9.06. The Bertz CT molecular complexity index is 950. The van der Waals surface area contributed by atoms with E-state index in [1.807, 2.05) is 18.2 Å². The van der Waals surface area contributed by atoms with Crippen LogP contribution in [0.25, 0.3) is 10.4 Å². The fourth-order valence-corrected chi connectivity index (χ4v) is 4.10. The van der Waals surface area contributed by atoms with Crippen LogP contribution in [-0.4, -0.2) is 16.8 Å². The number of nitrogens with zero attached hydrogens (tertiary/aromatic N) is 1. The third-order valence-corrected chi connectivity index (χ3v) is 5.40. The van der Waals surface area contributed by atoms with Crippen LogP contribution in [-0.2, 0) is 12.8 Å². The molecule has 25 heavy (non-hydrogen) atoms. The van der Waals surface area contributed by atoms with E-state index in [0.29, 0.717) is 10.4 Å².